The van der Waals surface area contributed by atoms with Gasteiger partial charge in [-0.25, -0.2) is 4.98 Å². The van der Waals surface area contributed by atoms with E-state index in [0.717, 1.165) is 46.0 Å². The Morgan fingerprint density at radius 2 is 2.00 bits per heavy atom. The van der Waals surface area contributed by atoms with Crippen LogP contribution in [0.15, 0.2) is 29.4 Å². The highest BCUT2D eigenvalue weighted by Gasteiger charge is 2.24. The standard InChI is InChI=1S/C23H25N5O2S2/c1-13(2)20-25-22-19(16-6-4-5-7-17(16)32-22)21-26-27-23(28(20)21)31-12-18(29)24-14-8-10-15(30-3)11-9-14/h8-11,13H,4-7,12H2,1-3H3,(H,24,29). The number of carbonyl (C=O) groups is 1. The summed E-state index contributed by atoms with van der Waals surface area (Å²) in [5, 5.41) is 13.8. The average Bonchev–Trinajstić information content (AvgIpc) is 3.38. The summed E-state index contributed by atoms with van der Waals surface area (Å²) in [6.45, 7) is 4.26. The van der Waals surface area contributed by atoms with Gasteiger partial charge in [0.2, 0.25) is 5.91 Å². The first-order chi connectivity index (χ1) is 15.5. The van der Waals surface area contributed by atoms with Crippen molar-refractivity contribution >= 4 is 50.6 Å². The predicted octanol–water partition coefficient (Wildman–Crippen LogP) is 5.08. The molecule has 4 aromatic rings. The van der Waals surface area contributed by atoms with E-state index >= 15 is 0 Å². The van der Waals surface area contributed by atoms with Crippen molar-refractivity contribution in [3.05, 3.63) is 40.5 Å². The van der Waals surface area contributed by atoms with Crippen LogP contribution in [0.3, 0.4) is 0 Å². The zero-order valence-corrected chi connectivity index (χ0v) is 20.0. The molecule has 0 spiro atoms. The summed E-state index contributed by atoms with van der Waals surface area (Å²) in [7, 11) is 1.62. The molecule has 0 fully saturated rings. The number of carbonyl (C=O) groups excluding carboxylic acids is 1. The van der Waals surface area contributed by atoms with Crippen molar-refractivity contribution in [2.24, 2.45) is 0 Å². The molecule has 3 aromatic heterocycles. The fourth-order valence-corrected chi connectivity index (χ4v) is 6.14. The second-order valence-electron chi connectivity index (χ2n) is 8.22. The van der Waals surface area contributed by atoms with Crippen LogP contribution >= 0.6 is 23.1 Å². The molecule has 9 heteroatoms. The third-order valence-corrected chi connectivity index (χ3v) is 7.79. The van der Waals surface area contributed by atoms with E-state index < -0.39 is 0 Å². The molecular weight excluding hydrogens is 442 g/mol. The number of hydrogen-bond acceptors (Lipinski definition) is 7. The molecule has 3 heterocycles. The van der Waals surface area contributed by atoms with E-state index in [9.17, 15) is 4.79 Å². The van der Waals surface area contributed by atoms with Crippen LogP contribution in [0.1, 0.15) is 48.9 Å². The fourth-order valence-electron chi connectivity index (χ4n) is 4.14. The molecule has 1 aromatic carbocycles. The third kappa shape index (κ3) is 3.84. The first kappa shape index (κ1) is 21.2. The van der Waals surface area contributed by atoms with Crippen LogP contribution in [0.25, 0.3) is 15.9 Å². The van der Waals surface area contributed by atoms with Crippen LogP contribution in [-0.4, -0.2) is 38.4 Å². The molecule has 1 amide bonds. The Balaban J connectivity index is 1.44. The highest BCUT2D eigenvalue weighted by atomic mass is 32.2. The number of amides is 1. The van der Waals surface area contributed by atoms with E-state index in [1.807, 2.05) is 24.3 Å². The first-order valence-electron chi connectivity index (χ1n) is 10.8. The number of aryl methyl sites for hydroxylation is 2. The molecule has 0 unspecified atom stereocenters. The highest BCUT2D eigenvalue weighted by molar-refractivity contribution is 7.99. The number of thiophene rings is 1. The van der Waals surface area contributed by atoms with Gasteiger partial charge in [0.15, 0.2) is 10.8 Å². The second-order valence-corrected chi connectivity index (χ2v) is 10.2. The van der Waals surface area contributed by atoms with E-state index in [4.69, 9.17) is 9.72 Å². The molecule has 32 heavy (non-hydrogen) atoms. The van der Waals surface area contributed by atoms with Crippen LogP contribution in [0.2, 0.25) is 0 Å². The van der Waals surface area contributed by atoms with E-state index in [-0.39, 0.29) is 17.6 Å². The largest absolute Gasteiger partial charge is 0.497 e. The first-order valence-corrected chi connectivity index (χ1v) is 12.6. The maximum Gasteiger partial charge on any atom is 0.234 e. The van der Waals surface area contributed by atoms with Gasteiger partial charge in [-0.2, -0.15) is 0 Å². The van der Waals surface area contributed by atoms with Gasteiger partial charge in [0.05, 0.1) is 18.2 Å². The predicted molar refractivity (Wildman–Crippen MR) is 129 cm³/mol. The number of benzene rings is 1. The third-order valence-electron chi connectivity index (χ3n) is 5.68. The second kappa shape index (κ2) is 8.71. The van der Waals surface area contributed by atoms with Gasteiger partial charge in [0.1, 0.15) is 16.4 Å². The van der Waals surface area contributed by atoms with Gasteiger partial charge < -0.3 is 10.1 Å². The Hall–Kier alpha value is -2.65. The molecule has 0 aliphatic heterocycles. The molecule has 166 valence electrons. The number of aromatic nitrogens is 4. The lowest BCUT2D eigenvalue weighted by Crippen LogP contribution is -2.14. The lowest BCUT2D eigenvalue weighted by Gasteiger charge is -2.12. The minimum atomic E-state index is -0.0926. The van der Waals surface area contributed by atoms with Crippen LogP contribution in [0.4, 0.5) is 5.69 Å². The van der Waals surface area contributed by atoms with Gasteiger partial charge in [-0.05, 0) is 55.5 Å². The molecule has 1 N–H and O–H groups in total. The van der Waals surface area contributed by atoms with Gasteiger partial charge in [0, 0.05) is 16.5 Å². The number of nitrogens with zero attached hydrogens (tertiary/aromatic N) is 4. The van der Waals surface area contributed by atoms with Crippen molar-refractivity contribution < 1.29 is 9.53 Å². The minimum Gasteiger partial charge on any atom is -0.497 e. The number of hydrogen-bond donors (Lipinski definition) is 1. The molecule has 1 aliphatic carbocycles. The summed E-state index contributed by atoms with van der Waals surface area (Å²) in [4.78, 5) is 20.1. The van der Waals surface area contributed by atoms with Gasteiger partial charge >= 0.3 is 0 Å². The normalized spacial score (nSPS) is 13.6. The Kier molecular flexibility index (Phi) is 5.77. The number of nitrogens with one attached hydrogen (secondary N) is 1. The Morgan fingerprint density at radius 1 is 1.22 bits per heavy atom. The molecule has 7 nitrogen and oxygen atoms in total. The number of anilines is 1. The molecule has 5 rings (SSSR count). The van der Waals surface area contributed by atoms with E-state index in [0.29, 0.717) is 5.16 Å². The van der Waals surface area contributed by atoms with Gasteiger partial charge in [0.25, 0.3) is 0 Å². The van der Waals surface area contributed by atoms with Gasteiger partial charge in [-0.3, -0.25) is 9.20 Å². The van der Waals surface area contributed by atoms with Crippen molar-refractivity contribution in [1.29, 1.82) is 0 Å². The van der Waals surface area contributed by atoms with Gasteiger partial charge in [-0.15, -0.1) is 21.5 Å². The molecule has 0 saturated carbocycles. The summed E-state index contributed by atoms with van der Waals surface area (Å²) >= 11 is 3.19. The van der Waals surface area contributed by atoms with Crippen molar-refractivity contribution in [2.75, 3.05) is 18.2 Å². The summed E-state index contributed by atoms with van der Waals surface area (Å²) < 4.78 is 7.22. The van der Waals surface area contributed by atoms with Crippen molar-refractivity contribution in [1.82, 2.24) is 19.6 Å². The smallest absolute Gasteiger partial charge is 0.234 e. The summed E-state index contributed by atoms with van der Waals surface area (Å²) in [6.07, 6.45) is 4.65. The summed E-state index contributed by atoms with van der Waals surface area (Å²) in [6, 6.07) is 7.29. The molecule has 0 saturated heterocycles. The maximum absolute atomic E-state index is 12.5. The number of fused-ring (bicyclic) bond motifs is 5. The highest BCUT2D eigenvalue weighted by Crippen LogP contribution is 2.39. The van der Waals surface area contributed by atoms with Crippen LogP contribution in [0, 0.1) is 0 Å². The lowest BCUT2D eigenvalue weighted by atomic mass is 9.97. The summed E-state index contributed by atoms with van der Waals surface area (Å²) in [5.74, 6) is 2.05. The Morgan fingerprint density at radius 3 is 2.75 bits per heavy atom. The van der Waals surface area contributed by atoms with Crippen molar-refractivity contribution in [3.8, 4) is 5.75 Å². The van der Waals surface area contributed by atoms with E-state index in [1.54, 1.807) is 18.4 Å². The monoisotopic (exact) mass is 467 g/mol. The van der Waals surface area contributed by atoms with Crippen molar-refractivity contribution in [3.63, 3.8) is 0 Å². The minimum absolute atomic E-state index is 0.0926. The zero-order chi connectivity index (χ0) is 22.2. The zero-order valence-electron chi connectivity index (χ0n) is 18.3. The number of thioether (sulfide) groups is 1. The SMILES string of the molecule is COc1ccc(NC(=O)CSc2nnc3c4c5c(sc4nc(C(C)C)n23)CCCC5)cc1. The quantitative estimate of drug-likeness (QED) is 0.398. The summed E-state index contributed by atoms with van der Waals surface area (Å²) in [5.41, 5.74) is 3.00. The molecule has 1 aliphatic rings. The Bertz CT molecular complexity index is 1290. The van der Waals surface area contributed by atoms with E-state index in [2.05, 4.69) is 33.8 Å². The van der Waals surface area contributed by atoms with Gasteiger partial charge in [-0.1, -0.05) is 25.6 Å². The van der Waals surface area contributed by atoms with Crippen LogP contribution in [0.5, 0.6) is 5.75 Å². The van der Waals surface area contributed by atoms with Crippen LogP contribution in [-0.2, 0) is 17.6 Å². The van der Waals surface area contributed by atoms with Crippen molar-refractivity contribution in [2.45, 2.75) is 50.6 Å². The average molecular weight is 468 g/mol. The van der Waals surface area contributed by atoms with Crippen LogP contribution < -0.4 is 10.1 Å². The number of rotatable bonds is 6. The Labute approximate surface area is 194 Å². The lowest BCUT2D eigenvalue weighted by molar-refractivity contribution is -0.113. The molecule has 0 radical (unpaired) electrons. The maximum atomic E-state index is 12.5. The molecular formula is C23H25N5O2S2. The topological polar surface area (TPSA) is 81.4 Å². The molecule has 0 bridgehead atoms. The fraction of sp³-hybridized carbons (Fsp3) is 0.391. The number of ether oxygens (including phenoxy) is 1. The number of methoxy groups -OCH3 is 1. The van der Waals surface area contributed by atoms with E-state index in [1.165, 1.54) is 35.0 Å². The molecule has 0 atom stereocenters.